The third-order valence-corrected chi connectivity index (χ3v) is 5.80. The summed E-state index contributed by atoms with van der Waals surface area (Å²) in [5, 5.41) is 11.7. The molecule has 9 nitrogen and oxygen atoms in total. The van der Waals surface area contributed by atoms with Crippen LogP contribution < -0.4 is 5.32 Å². The zero-order valence-electron chi connectivity index (χ0n) is 19.4. The van der Waals surface area contributed by atoms with E-state index in [1.54, 1.807) is 0 Å². The van der Waals surface area contributed by atoms with Gasteiger partial charge in [-0.3, -0.25) is 9.59 Å². The molecule has 1 unspecified atom stereocenters. The fraction of sp³-hybridized carbons (Fsp3) is 0.400. The molecule has 0 aromatic heterocycles. The summed E-state index contributed by atoms with van der Waals surface area (Å²) in [6, 6.07) is 16.1. The molecule has 1 aliphatic rings. The Balaban J connectivity index is 1.52. The van der Waals surface area contributed by atoms with E-state index in [2.05, 4.69) is 17.4 Å². The maximum Gasteiger partial charge on any atom is 0.407 e. The highest BCUT2D eigenvalue weighted by atomic mass is 16.5. The molecule has 0 radical (unpaired) electrons. The molecule has 0 saturated heterocycles. The number of carboxylic acid groups (broad SMARTS) is 1. The van der Waals surface area contributed by atoms with Gasteiger partial charge in [0.25, 0.3) is 0 Å². The summed E-state index contributed by atoms with van der Waals surface area (Å²) in [7, 11) is 2.90. The van der Waals surface area contributed by atoms with Gasteiger partial charge in [0.15, 0.2) is 0 Å². The summed E-state index contributed by atoms with van der Waals surface area (Å²) in [4.78, 5) is 37.1. The van der Waals surface area contributed by atoms with E-state index in [-0.39, 0.29) is 38.6 Å². The average molecular weight is 471 g/mol. The molecule has 0 bridgehead atoms. The number of methoxy groups -OCH3 is 2. The number of fused-ring (bicyclic) bond motifs is 3. The summed E-state index contributed by atoms with van der Waals surface area (Å²) in [5.74, 6) is -1.57. The lowest BCUT2D eigenvalue weighted by atomic mass is 9.98. The first-order chi connectivity index (χ1) is 16.4. The highest BCUT2D eigenvalue weighted by molar-refractivity contribution is 5.82. The van der Waals surface area contributed by atoms with Crippen LogP contribution in [0, 0.1) is 0 Å². The third-order valence-electron chi connectivity index (χ3n) is 5.80. The molecule has 9 heteroatoms. The zero-order chi connectivity index (χ0) is 24.5. The normalized spacial score (nSPS) is 13.0. The van der Waals surface area contributed by atoms with Crippen LogP contribution in [-0.2, 0) is 23.8 Å². The number of alkyl carbamates (subject to hydrolysis) is 1. The summed E-state index contributed by atoms with van der Waals surface area (Å²) >= 11 is 0. The average Bonchev–Trinajstić information content (AvgIpc) is 3.16. The Morgan fingerprint density at radius 2 is 1.65 bits per heavy atom. The van der Waals surface area contributed by atoms with E-state index in [0.717, 1.165) is 22.3 Å². The molecule has 0 spiro atoms. The summed E-state index contributed by atoms with van der Waals surface area (Å²) in [6.45, 7) is 0.162. The van der Waals surface area contributed by atoms with Crippen molar-refractivity contribution in [2.45, 2.75) is 18.4 Å². The Labute approximate surface area is 198 Å². The summed E-state index contributed by atoms with van der Waals surface area (Å²) in [5.41, 5.74) is 4.52. The molecule has 2 amide bonds. The van der Waals surface area contributed by atoms with E-state index >= 15 is 0 Å². The fourth-order valence-electron chi connectivity index (χ4n) is 4.07. The Morgan fingerprint density at radius 1 is 1.03 bits per heavy atom. The first kappa shape index (κ1) is 25.2. The van der Waals surface area contributed by atoms with Gasteiger partial charge in [-0.2, -0.15) is 0 Å². The van der Waals surface area contributed by atoms with Crippen molar-refractivity contribution in [2.24, 2.45) is 0 Å². The number of carbonyl (C=O) groups excluding carboxylic acids is 2. The molecular formula is C25H30N2O7. The molecule has 34 heavy (non-hydrogen) atoms. The predicted molar refractivity (Wildman–Crippen MR) is 125 cm³/mol. The van der Waals surface area contributed by atoms with E-state index in [4.69, 9.17) is 19.3 Å². The van der Waals surface area contributed by atoms with Crippen LogP contribution >= 0.6 is 0 Å². The van der Waals surface area contributed by atoms with Gasteiger partial charge in [-0.05, 0) is 22.3 Å². The molecule has 0 aliphatic heterocycles. The first-order valence-electron chi connectivity index (χ1n) is 11.0. The van der Waals surface area contributed by atoms with E-state index in [0.29, 0.717) is 0 Å². The van der Waals surface area contributed by atoms with Crippen LogP contribution in [0.1, 0.15) is 23.5 Å². The molecule has 0 fully saturated rings. The molecule has 0 heterocycles. The molecule has 1 aliphatic carbocycles. The van der Waals surface area contributed by atoms with Crippen molar-refractivity contribution < 1.29 is 33.7 Å². The van der Waals surface area contributed by atoms with Gasteiger partial charge in [-0.15, -0.1) is 0 Å². The van der Waals surface area contributed by atoms with E-state index in [1.807, 2.05) is 36.4 Å². The maximum absolute atomic E-state index is 12.5. The van der Waals surface area contributed by atoms with Gasteiger partial charge in [0.1, 0.15) is 13.2 Å². The number of rotatable bonds is 12. The number of carboxylic acids is 1. The smallest absolute Gasteiger partial charge is 0.407 e. The quantitative estimate of drug-likeness (QED) is 0.490. The van der Waals surface area contributed by atoms with Crippen molar-refractivity contribution in [3.63, 3.8) is 0 Å². The van der Waals surface area contributed by atoms with Crippen molar-refractivity contribution in [2.75, 3.05) is 47.1 Å². The standard InChI is InChI=1S/C25H30N2O7/c1-32-12-11-27(15-24(29)30)23(28)13-17(33-2)14-26-25(31)34-16-22-20-9-5-3-7-18(20)19-8-4-6-10-21(19)22/h3-10,17,22H,11-16H2,1-2H3,(H,26,31)(H,29,30). The second-order valence-electron chi connectivity index (χ2n) is 7.97. The molecule has 182 valence electrons. The Hall–Kier alpha value is -3.43. The summed E-state index contributed by atoms with van der Waals surface area (Å²) in [6.07, 6.45) is -1.33. The fourth-order valence-corrected chi connectivity index (χ4v) is 4.07. The van der Waals surface area contributed by atoms with Gasteiger partial charge < -0.3 is 29.5 Å². The molecule has 3 rings (SSSR count). The van der Waals surface area contributed by atoms with Crippen molar-refractivity contribution in [3.8, 4) is 11.1 Å². The van der Waals surface area contributed by atoms with Gasteiger partial charge >= 0.3 is 12.1 Å². The van der Waals surface area contributed by atoms with Gasteiger partial charge in [-0.25, -0.2) is 4.79 Å². The van der Waals surface area contributed by atoms with Crippen LogP contribution in [0.2, 0.25) is 0 Å². The zero-order valence-corrected chi connectivity index (χ0v) is 19.4. The van der Waals surface area contributed by atoms with Crippen molar-refractivity contribution in [1.82, 2.24) is 10.2 Å². The third kappa shape index (κ3) is 6.33. The highest BCUT2D eigenvalue weighted by Gasteiger charge is 2.29. The van der Waals surface area contributed by atoms with Crippen LogP contribution in [-0.4, -0.2) is 81.1 Å². The Kier molecular flexibility index (Phi) is 9.00. The number of benzene rings is 2. The lowest BCUT2D eigenvalue weighted by Gasteiger charge is -2.23. The molecule has 2 aromatic rings. The number of nitrogens with one attached hydrogen (secondary N) is 1. The second kappa shape index (κ2) is 12.2. The molecule has 2 N–H and O–H groups in total. The van der Waals surface area contributed by atoms with Crippen LogP contribution in [0.5, 0.6) is 0 Å². The van der Waals surface area contributed by atoms with E-state index < -0.39 is 30.6 Å². The number of hydrogen-bond acceptors (Lipinski definition) is 6. The van der Waals surface area contributed by atoms with E-state index in [9.17, 15) is 14.4 Å². The molecule has 1 atom stereocenters. The van der Waals surface area contributed by atoms with Crippen LogP contribution in [0.4, 0.5) is 4.79 Å². The largest absolute Gasteiger partial charge is 0.480 e. The summed E-state index contributed by atoms with van der Waals surface area (Å²) < 4.78 is 15.7. The minimum Gasteiger partial charge on any atom is -0.480 e. The monoisotopic (exact) mass is 470 g/mol. The van der Waals surface area contributed by atoms with Gasteiger partial charge in [0.2, 0.25) is 5.91 Å². The van der Waals surface area contributed by atoms with Crippen LogP contribution in [0.3, 0.4) is 0 Å². The molecule has 2 aromatic carbocycles. The van der Waals surface area contributed by atoms with Crippen molar-refractivity contribution in [3.05, 3.63) is 59.7 Å². The van der Waals surface area contributed by atoms with Crippen LogP contribution in [0.15, 0.2) is 48.5 Å². The lowest BCUT2D eigenvalue weighted by Crippen LogP contribution is -2.42. The van der Waals surface area contributed by atoms with Crippen LogP contribution in [0.25, 0.3) is 11.1 Å². The Morgan fingerprint density at radius 3 is 2.21 bits per heavy atom. The molecular weight excluding hydrogens is 440 g/mol. The minimum atomic E-state index is -1.12. The van der Waals surface area contributed by atoms with E-state index in [1.165, 1.54) is 19.1 Å². The number of amides is 2. The topological polar surface area (TPSA) is 114 Å². The maximum atomic E-state index is 12.5. The number of carbonyl (C=O) groups is 3. The second-order valence-corrected chi connectivity index (χ2v) is 7.97. The van der Waals surface area contributed by atoms with Crippen molar-refractivity contribution >= 4 is 18.0 Å². The number of nitrogens with zero attached hydrogens (tertiary/aromatic N) is 1. The predicted octanol–water partition coefficient (Wildman–Crippen LogP) is 2.49. The van der Waals surface area contributed by atoms with Gasteiger partial charge in [0.05, 0.1) is 19.1 Å². The minimum absolute atomic E-state index is 0.0457. The lowest BCUT2D eigenvalue weighted by molar-refractivity contribution is -0.145. The number of ether oxygens (including phenoxy) is 3. The number of aliphatic carboxylic acids is 1. The van der Waals surface area contributed by atoms with Gasteiger partial charge in [0, 0.05) is 33.2 Å². The number of hydrogen-bond donors (Lipinski definition) is 2. The first-order valence-corrected chi connectivity index (χ1v) is 11.0. The highest BCUT2D eigenvalue weighted by Crippen LogP contribution is 2.44. The van der Waals surface area contributed by atoms with Crippen molar-refractivity contribution in [1.29, 1.82) is 0 Å². The van der Waals surface area contributed by atoms with Gasteiger partial charge in [-0.1, -0.05) is 48.5 Å². The SMILES string of the molecule is COCCN(CC(=O)O)C(=O)CC(CNC(=O)OCC1c2ccccc2-c2ccccc21)OC. The Bertz CT molecular complexity index is 965. The molecule has 0 saturated carbocycles.